The van der Waals surface area contributed by atoms with Crippen LogP contribution < -0.4 is 12.3 Å². The maximum Gasteiger partial charge on any atom is 0.373 e. The third kappa shape index (κ3) is 735. The standard InChI is InChI=1S/CO2.CH4.Ar.2H3N.H2O/c2-1-3;;;;;/h;1H4;;2*1H3;1H2. The van der Waals surface area contributed by atoms with Gasteiger partial charge < -0.3 is 17.8 Å². The van der Waals surface area contributed by atoms with Crippen LogP contribution in [0.2, 0.25) is 0 Å². The number of rotatable bonds is 0. The van der Waals surface area contributed by atoms with E-state index in [0.717, 1.165) is 0 Å². The van der Waals surface area contributed by atoms with Crippen LogP contribution in [-0.2, 0) is 9.59 Å². The summed E-state index contributed by atoms with van der Waals surface area (Å²) >= 11 is 0. The molecule has 0 rings (SSSR count). The van der Waals surface area contributed by atoms with Crippen molar-refractivity contribution in [3.63, 3.8) is 0 Å². The molecule has 0 aliphatic carbocycles. The Bertz CT molecular complexity index is 36.3. The molecule has 0 aliphatic rings. The molecule has 56 valence electrons. The van der Waals surface area contributed by atoms with E-state index in [1.165, 1.54) is 0 Å². The minimum atomic E-state index is 0. The second-order valence-corrected chi connectivity index (χ2v) is 0.0833. The van der Waals surface area contributed by atoms with Crippen LogP contribution in [0.1, 0.15) is 7.43 Å². The van der Waals surface area contributed by atoms with Gasteiger partial charge in [-0.25, -0.2) is 0 Å². The van der Waals surface area contributed by atoms with Crippen molar-refractivity contribution in [3.8, 4) is 0 Å². The van der Waals surface area contributed by atoms with E-state index in [1.54, 1.807) is 0 Å². The summed E-state index contributed by atoms with van der Waals surface area (Å²) in [5.74, 6) is 0. The summed E-state index contributed by atoms with van der Waals surface area (Å²) < 4.78 is 0. The van der Waals surface area contributed by atoms with Crippen LogP contribution in [0.3, 0.4) is 0 Å². The SMILES string of the molecule is C.N.N.O.O=C=O.[Ar]. The van der Waals surface area contributed by atoms with Crippen LogP contribution in [0.4, 0.5) is 0 Å². The van der Waals surface area contributed by atoms with Crippen LogP contribution in [-0.4, -0.2) is 11.6 Å². The van der Waals surface area contributed by atoms with Gasteiger partial charge in [-0.3, -0.25) is 0 Å². The molecule has 0 aromatic rings. The average molecular weight is 152 g/mol. The first-order chi connectivity index (χ1) is 1.41. The molecule has 0 aromatic heterocycles. The Balaban J connectivity index is -0.00000000200. The monoisotopic (exact) mass is 152 g/mol. The molecule has 8 heavy (non-hydrogen) atoms. The number of hydrogen-bond donors (Lipinski definition) is 2. The smallest absolute Gasteiger partial charge is 0.373 e. The molecule has 0 bridgehead atoms. The van der Waals surface area contributed by atoms with Crippen LogP contribution in [0.5, 0.6) is 0 Å². The van der Waals surface area contributed by atoms with E-state index in [1.807, 2.05) is 0 Å². The molecule has 0 heterocycles. The van der Waals surface area contributed by atoms with Crippen molar-refractivity contribution in [3.05, 3.63) is 0 Å². The zero-order valence-electron chi connectivity index (χ0n) is 3.58. The van der Waals surface area contributed by atoms with E-state index in [2.05, 4.69) is 0 Å². The second-order valence-electron chi connectivity index (χ2n) is 0.0833. The Morgan fingerprint density at radius 3 is 1.00 bits per heavy atom. The third-order valence-corrected chi connectivity index (χ3v) is 0. The molecule has 8 N–H and O–H groups in total. The van der Waals surface area contributed by atoms with Gasteiger partial charge in [0.1, 0.15) is 0 Å². The summed E-state index contributed by atoms with van der Waals surface area (Å²) in [6.07, 6.45) is 0.250. The molecule has 0 aliphatic heterocycles. The molecular formula is C2H12ArN2O3. The number of carbonyl (C=O) groups excluding carboxylic acids is 2. The van der Waals surface area contributed by atoms with Crippen LogP contribution in [0.25, 0.3) is 0 Å². The summed E-state index contributed by atoms with van der Waals surface area (Å²) in [7, 11) is 0. The minimum Gasteiger partial charge on any atom is -0.412 e. The molecular weight excluding hydrogens is 140 g/mol. The summed E-state index contributed by atoms with van der Waals surface area (Å²) in [5, 5.41) is 0. The van der Waals surface area contributed by atoms with Crippen molar-refractivity contribution >= 4 is 6.15 Å². The zero-order chi connectivity index (χ0) is 2.71. The van der Waals surface area contributed by atoms with Gasteiger partial charge in [0.05, 0.1) is 0 Å². The fraction of sp³-hybridized carbons (Fsp3) is 0.500. The molecule has 0 radical (unpaired) electrons. The molecule has 0 aromatic carbocycles. The molecule has 0 unspecified atom stereocenters. The molecule has 0 saturated carbocycles. The van der Waals surface area contributed by atoms with Gasteiger partial charge in [0.25, 0.3) is 0 Å². The van der Waals surface area contributed by atoms with E-state index in [4.69, 9.17) is 9.59 Å². The molecule has 0 saturated heterocycles. The molecule has 0 amide bonds. The van der Waals surface area contributed by atoms with Gasteiger partial charge >= 0.3 is 6.15 Å². The van der Waals surface area contributed by atoms with Gasteiger partial charge in [0.2, 0.25) is 0 Å². The maximum absolute atomic E-state index is 8.12. The van der Waals surface area contributed by atoms with E-state index in [-0.39, 0.29) is 69.1 Å². The Hall–Kier alpha value is 0.520. The maximum atomic E-state index is 8.12. The van der Waals surface area contributed by atoms with E-state index in [9.17, 15) is 0 Å². The molecule has 0 fully saturated rings. The molecule has 0 spiro atoms. The fourth-order valence-corrected chi connectivity index (χ4v) is 0. The Morgan fingerprint density at radius 2 is 1.00 bits per heavy atom. The van der Waals surface area contributed by atoms with Gasteiger partial charge in [-0.1, -0.05) is 7.43 Å². The van der Waals surface area contributed by atoms with E-state index < -0.39 is 0 Å². The average Bonchev–Trinajstić information content (AvgIpc) is 0.918. The normalized spacial score (nSPS) is 1.00. The summed E-state index contributed by atoms with van der Waals surface area (Å²) in [5.41, 5.74) is 0. The Kier molecular flexibility index (Phi) is 1310. The summed E-state index contributed by atoms with van der Waals surface area (Å²) in [6, 6.07) is 0. The topological polar surface area (TPSA) is 136 Å². The van der Waals surface area contributed by atoms with Crippen molar-refractivity contribution in [2.24, 2.45) is 0 Å². The van der Waals surface area contributed by atoms with Crippen molar-refractivity contribution in [2.45, 2.75) is 7.43 Å². The fourth-order valence-electron chi connectivity index (χ4n) is 0. The van der Waals surface area contributed by atoms with Crippen molar-refractivity contribution < 1.29 is 52.8 Å². The Labute approximate surface area is 78.3 Å². The molecule has 5 nitrogen and oxygen atoms in total. The number of hydrogen-bond acceptors (Lipinski definition) is 4. The largest absolute Gasteiger partial charge is 0.412 e. The van der Waals surface area contributed by atoms with Crippen LogP contribution in [0.15, 0.2) is 0 Å². The first-order valence-electron chi connectivity index (χ1n) is 0.408. The van der Waals surface area contributed by atoms with Crippen LogP contribution >= 0.6 is 0 Å². The van der Waals surface area contributed by atoms with Crippen molar-refractivity contribution in [1.29, 1.82) is 0 Å². The van der Waals surface area contributed by atoms with Gasteiger partial charge in [-0.2, -0.15) is 9.59 Å². The van der Waals surface area contributed by atoms with Gasteiger partial charge in [-0.05, 0) is 0 Å². The summed E-state index contributed by atoms with van der Waals surface area (Å²) in [6.45, 7) is 0. The van der Waals surface area contributed by atoms with Gasteiger partial charge in [0, 0.05) is 37.7 Å². The Morgan fingerprint density at radius 1 is 1.00 bits per heavy atom. The second kappa shape index (κ2) is 138. The van der Waals surface area contributed by atoms with E-state index in [0.29, 0.717) is 0 Å². The minimum absolute atomic E-state index is 0. The quantitative estimate of drug-likeness (QED) is 0.485. The molecule has 6 heteroatoms. The van der Waals surface area contributed by atoms with E-state index >= 15 is 0 Å². The van der Waals surface area contributed by atoms with Crippen LogP contribution in [0, 0.1) is 37.7 Å². The predicted octanol–water partition coefficient (Wildman–Crippen LogP) is -0.448. The van der Waals surface area contributed by atoms with Gasteiger partial charge in [-0.15, -0.1) is 0 Å². The third-order valence-electron chi connectivity index (χ3n) is 0. The van der Waals surface area contributed by atoms with Crippen molar-refractivity contribution in [1.82, 2.24) is 12.3 Å². The van der Waals surface area contributed by atoms with Gasteiger partial charge in [0.15, 0.2) is 0 Å². The summed E-state index contributed by atoms with van der Waals surface area (Å²) in [4.78, 5) is 16.2. The molecule has 0 atom stereocenters. The first kappa shape index (κ1) is 75.9. The first-order valence-corrected chi connectivity index (χ1v) is 0.408. The van der Waals surface area contributed by atoms with Crippen molar-refractivity contribution in [2.75, 3.05) is 0 Å². The zero-order valence-corrected chi connectivity index (χ0v) is 4.29. The predicted molar refractivity (Wildman–Crippen MR) is 25.4 cm³/mol.